The minimum absolute atomic E-state index is 0.0109. The van der Waals surface area contributed by atoms with Crippen LogP contribution in [-0.4, -0.2) is 29.5 Å². The Labute approximate surface area is 159 Å². The molecule has 2 aliphatic rings. The number of nitrogens with zero attached hydrogens (tertiary/aromatic N) is 1. The summed E-state index contributed by atoms with van der Waals surface area (Å²) in [6, 6.07) is 1.25. The maximum atomic E-state index is 13.1. The molecule has 0 bridgehead atoms. The van der Waals surface area contributed by atoms with Crippen molar-refractivity contribution in [2.75, 3.05) is 6.61 Å². The molecular formula is C18H20ClF3N2O3. The molecule has 1 aliphatic heterocycles. The first kappa shape index (κ1) is 19.8. The fourth-order valence-electron chi connectivity index (χ4n) is 3.14. The van der Waals surface area contributed by atoms with Crippen molar-refractivity contribution in [2.45, 2.75) is 50.9 Å². The molecule has 1 aromatic heterocycles. The second kappa shape index (κ2) is 6.29. The Kier molecular flexibility index (Phi) is 4.61. The molecule has 1 fully saturated rings. The summed E-state index contributed by atoms with van der Waals surface area (Å²) in [7, 11) is 0. The van der Waals surface area contributed by atoms with Crippen LogP contribution in [0.15, 0.2) is 12.6 Å². The predicted molar refractivity (Wildman–Crippen MR) is 93.6 cm³/mol. The van der Waals surface area contributed by atoms with Gasteiger partial charge in [-0.25, -0.2) is 9.78 Å². The maximum absolute atomic E-state index is 13.1. The van der Waals surface area contributed by atoms with Crippen molar-refractivity contribution in [1.82, 2.24) is 10.3 Å². The van der Waals surface area contributed by atoms with Gasteiger partial charge in [0.15, 0.2) is 10.9 Å². The second-order valence-corrected chi connectivity index (χ2v) is 8.17. The Bertz CT molecular complexity index is 800. The highest BCUT2D eigenvalue weighted by atomic mass is 35.5. The summed E-state index contributed by atoms with van der Waals surface area (Å²) < 4.78 is 50.2. The molecule has 27 heavy (non-hydrogen) atoms. The number of alkyl carbamates (subject to hydrolysis) is 1. The Morgan fingerprint density at radius 3 is 2.56 bits per heavy atom. The number of pyridine rings is 1. The van der Waals surface area contributed by atoms with Gasteiger partial charge in [0.1, 0.15) is 17.7 Å². The normalized spacial score (nSPS) is 22.0. The van der Waals surface area contributed by atoms with Crippen LogP contribution in [0.1, 0.15) is 44.9 Å². The van der Waals surface area contributed by atoms with E-state index in [9.17, 15) is 18.0 Å². The minimum atomic E-state index is -4.65. The number of hydrogen-bond acceptors (Lipinski definition) is 4. The summed E-state index contributed by atoms with van der Waals surface area (Å²) in [5.74, 6) is 0.190. The fraction of sp³-hybridized carbons (Fsp3) is 0.556. The highest BCUT2D eigenvalue weighted by molar-refractivity contribution is 6.31. The summed E-state index contributed by atoms with van der Waals surface area (Å²) in [4.78, 5) is 16.2. The van der Waals surface area contributed by atoms with Gasteiger partial charge < -0.3 is 14.8 Å². The average Bonchev–Trinajstić information content (AvgIpc) is 3.28. The summed E-state index contributed by atoms with van der Waals surface area (Å²) in [6.45, 7) is 8.30. The molecule has 9 heteroatoms. The Morgan fingerprint density at radius 2 is 2.04 bits per heavy atom. The van der Waals surface area contributed by atoms with Crippen molar-refractivity contribution >= 4 is 23.3 Å². The van der Waals surface area contributed by atoms with Gasteiger partial charge in [-0.1, -0.05) is 18.2 Å². The standard InChI is InChI=1S/C18H20ClF3N2O3/c1-9(18(20,21)22)12-7-11-13(14(19)23-12)26-8-17(11,10-5-6-10)24-15(25)27-16(2,3)4/h7,10H,1,5-6,8H2,2-4H3,(H,24,25)/t17-/m0/s1. The molecule has 2 heterocycles. The van der Waals surface area contributed by atoms with E-state index in [1.54, 1.807) is 20.8 Å². The van der Waals surface area contributed by atoms with E-state index >= 15 is 0 Å². The number of nitrogens with one attached hydrogen (secondary N) is 1. The van der Waals surface area contributed by atoms with Crippen molar-refractivity contribution in [3.63, 3.8) is 0 Å². The number of ether oxygens (including phenoxy) is 2. The van der Waals surface area contributed by atoms with Gasteiger partial charge in [-0.15, -0.1) is 0 Å². The molecule has 0 aromatic carbocycles. The highest BCUT2D eigenvalue weighted by Crippen LogP contribution is 2.53. The van der Waals surface area contributed by atoms with Gasteiger partial charge in [-0.3, -0.25) is 0 Å². The summed E-state index contributed by atoms with van der Waals surface area (Å²) in [5, 5.41) is 2.62. The molecule has 1 N–H and O–H groups in total. The number of fused-ring (bicyclic) bond motifs is 1. The van der Waals surface area contributed by atoms with Crippen molar-refractivity contribution in [3.8, 4) is 5.75 Å². The molecule has 1 saturated carbocycles. The van der Waals surface area contributed by atoms with E-state index in [4.69, 9.17) is 21.1 Å². The monoisotopic (exact) mass is 404 g/mol. The van der Waals surface area contributed by atoms with E-state index in [2.05, 4.69) is 16.9 Å². The van der Waals surface area contributed by atoms with E-state index < -0.39 is 34.7 Å². The number of carbonyl (C=O) groups is 1. The van der Waals surface area contributed by atoms with E-state index in [0.29, 0.717) is 5.56 Å². The van der Waals surface area contributed by atoms with Gasteiger partial charge in [-0.2, -0.15) is 13.2 Å². The lowest BCUT2D eigenvalue weighted by atomic mass is 9.86. The van der Waals surface area contributed by atoms with Crippen LogP contribution in [0.5, 0.6) is 5.75 Å². The van der Waals surface area contributed by atoms with Crippen LogP contribution in [0.2, 0.25) is 5.15 Å². The molecule has 5 nitrogen and oxygen atoms in total. The third-order valence-corrected chi connectivity index (χ3v) is 4.76. The van der Waals surface area contributed by atoms with Crippen molar-refractivity contribution < 1.29 is 27.4 Å². The Hall–Kier alpha value is -1.96. The van der Waals surface area contributed by atoms with Crippen LogP contribution in [0.3, 0.4) is 0 Å². The Balaban J connectivity index is 2.02. The lowest BCUT2D eigenvalue weighted by Crippen LogP contribution is -2.50. The smallest absolute Gasteiger partial charge is 0.417 e. The molecule has 1 atom stereocenters. The number of rotatable bonds is 3. The highest BCUT2D eigenvalue weighted by Gasteiger charge is 2.54. The van der Waals surface area contributed by atoms with Crippen LogP contribution in [-0.2, 0) is 10.3 Å². The van der Waals surface area contributed by atoms with Crippen LogP contribution in [0.4, 0.5) is 18.0 Å². The largest absolute Gasteiger partial charge is 0.487 e. The molecule has 1 aliphatic carbocycles. The van der Waals surface area contributed by atoms with Crippen molar-refractivity contribution in [2.24, 2.45) is 5.92 Å². The predicted octanol–water partition coefficient (Wildman–Crippen LogP) is 4.83. The van der Waals surface area contributed by atoms with Gasteiger partial charge in [0.05, 0.1) is 11.3 Å². The van der Waals surface area contributed by atoms with Crippen LogP contribution < -0.4 is 10.1 Å². The lowest BCUT2D eigenvalue weighted by molar-refractivity contribution is -0.0689. The lowest BCUT2D eigenvalue weighted by Gasteiger charge is -2.31. The van der Waals surface area contributed by atoms with E-state index in [-0.39, 0.29) is 23.4 Å². The second-order valence-electron chi connectivity index (χ2n) is 7.81. The molecule has 1 aromatic rings. The number of allylic oxidation sites excluding steroid dienone is 1. The average molecular weight is 405 g/mol. The fourth-order valence-corrected chi connectivity index (χ4v) is 3.39. The number of aromatic nitrogens is 1. The van der Waals surface area contributed by atoms with Gasteiger partial charge in [0.25, 0.3) is 0 Å². The summed E-state index contributed by atoms with van der Waals surface area (Å²) >= 11 is 6.08. The van der Waals surface area contributed by atoms with E-state index in [1.807, 2.05) is 0 Å². The quantitative estimate of drug-likeness (QED) is 0.733. The van der Waals surface area contributed by atoms with Gasteiger partial charge in [0.2, 0.25) is 0 Å². The van der Waals surface area contributed by atoms with Crippen LogP contribution >= 0.6 is 11.6 Å². The van der Waals surface area contributed by atoms with Crippen molar-refractivity contribution in [1.29, 1.82) is 0 Å². The maximum Gasteiger partial charge on any atom is 0.417 e. The number of amides is 1. The minimum Gasteiger partial charge on any atom is -0.487 e. The molecule has 0 radical (unpaired) electrons. The molecular weight excluding hydrogens is 385 g/mol. The molecule has 1 amide bonds. The Morgan fingerprint density at radius 1 is 1.41 bits per heavy atom. The molecule has 148 valence electrons. The van der Waals surface area contributed by atoms with Gasteiger partial charge in [0, 0.05) is 5.56 Å². The molecule has 0 unspecified atom stereocenters. The van der Waals surface area contributed by atoms with Crippen LogP contribution in [0.25, 0.3) is 5.57 Å². The zero-order valence-corrected chi connectivity index (χ0v) is 15.9. The molecule has 0 spiro atoms. The topological polar surface area (TPSA) is 60.5 Å². The SMILES string of the molecule is C=C(c1cc2c(c(Cl)n1)OC[C@]2(NC(=O)OC(C)(C)C)C1CC1)C(F)(F)F. The van der Waals surface area contributed by atoms with Crippen molar-refractivity contribution in [3.05, 3.63) is 29.1 Å². The third-order valence-electron chi connectivity index (χ3n) is 4.51. The van der Waals surface area contributed by atoms with Gasteiger partial charge in [-0.05, 0) is 45.6 Å². The number of carbonyl (C=O) groups excluding carboxylic acids is 1. The van der Waals surface area contributed by atoms with E-state index in [1.165, 1.54) is 6.07 Å². The molecule has 3 rings (SSSR count). The zero-order valence-electron chi connectivity index (χ0n) is 15.2. The number of alkyl halides is 3. The summed E-state index contributed by atoms with van der Waals surface area (Å²) in [5.41, 5.74) is -2.86. The van der Waals surface area contributed by atoms with Crippen LogP contribution in [0, 0.1) is 5.92 Å². The first-order chi connectivity index (χ1) is 12.3. The summed E-state index contributed by atoms with van der Waals surface area (Å²) in [6.07, 6.45) is -3.72. The third kappa shape index (κ3) is 3.85. The zero-order chi connectivity index (χ0) is 20.2. The first-order valence-electron chi connectivity index (χ1n) is 8.45. The van der Waals surface area contributed by atoms with E-state index in [0.717, 1.165) is 12.8 Å². The van der Waals surface area contributed by atoms with Gasteiger partial charge >= 0.3 is 12.3 Å². The first-order valence-corrected chi connectivity index (χ1v) is 8.83. The number of hydrogen-bond donors (Lipinski definition) is 1. The number of halogens is 4. The molecule has 0 saturated heterocycles.